The van der Waals surface area contributed by atoms with E-state index in [1.807, 2.05) is 0 Å². The molecule has 0 bridgehead atoms. The molecule has 1 aliphatic rings. The van der Waals surface area contributed by atoms with Gasteiger partial charge in [0.1, 0.15) is 0 Å². The Morgan fingerprint density at radius 1 is 1.38 bits per heavy atom. The highest BCUT2D eigenvalue weighted by Crippen LogP contribution is 2.34. The van der Waals surface area contributed by atoms with Crippen molar-refractivity contribution in [3.05, 3.63) is 0 Å². The van der Waals surface area contributed by atoms with Crippen molar-refractivity contribution >= 4 is 28.7 Å². The Hall–Kier alpha value is -1.49. The standard InChI is InChI=1S/C14H22N6O3S/c1-2-5-24-14-16-12(15)11-13(17-14)20(19-18-11)9-6-8(7-10(9)22)23-4-3-21/h8-10,21-22H,2-7H2,1H3,(H2,15,16,17). The SMILES string of the molecule is CCCSc1nc(N)c2nnn(C3CC(OCCO)CC3O)c2n1. The zero-order valence-electron chi connectivity index (χ0n) is 13.5. The Balaban J connectivity index is 1.87. The van der Waals surface area contributed by atoms with Crippen LogP contribution in [-0.2, 0) is 4.74 Å². The minimum absolute atomic E-state index is 0.0364. The normalized spacial score (nSPS) is 24.0. The lowest BCUT2D eigenvalue weighted by Crippen LogP contribution is -2.20. The van der Waals surface area contributed by atoms with E-state index in [9.17, 15) is 5.11 Å². The van der Waals surface area contributed by atoms with Gasteiger partial charge in [-0.05, 0) is 12.8 Å². The van der Waals surface area contributed by atoms with Crippen LogP contribution >= 0.6 is 11.8 Å². The summed E-state index contributed by atoms with van der Waals surface area (Å²) in [6.45, 7) is 2.31. The predicted molar refractivity (Wildman–Crippen MR) is 89.6 cm³/mol. The van der Waals surface area contributed by atoms with Crippen LogP contribution < -0.4 is 5.73 Å². The monoisotopic (exact) mass is 354 g/mol. The molecule has 3 atom stereocenters. The van der Waals surface area contributed by atoms with Gasteiger partial charge in [-0.3, -0.25) is 0 Å². The number of nitrogens with zero attached hydrogens (tertiary/aromatic N) is 5. The number of nitrogens with two attached hydrogens (primary N) is 1. The highest BCUT2D eigenvalue weighted by Gasteiger charge is 2.37. The first-order valence-corrected chi connectivity index (χ1v) is 9.04. The molecule has 24 heavy (non-hydrogen) atoms. The van der Waals surface area contributed by atoms with Gasteiger partial charge >= 0.3 is 0 Å². The van der Waals surface area contributed by atoms with E-state index < -0.39 is 6.10 Å². The van der Waals surface area contributed by atoms with Gasteiger partial charge < -0.3 is 20.7 Å². The van der Waals surface area contributed by atoms with Crippen LogP contribution in [0.3, 0.4) is 0 Å². The van der Waals surface area contributed by atoms with E-state index in [0.717, 1.165) is 12.2 Å². The molecular formula is C14H22N6O3S. The molecule has 132 valence electrons. The zero-order valence-corrected chi connectivity index (χ0v) is 14.3. The molecular weight excluding hydrogens is 332 g/mol. The summed E-state index contributed by atoms with van der Waals surface area (Å²) in [6.07, 6.45) is 1.35. The Morgan fingerprint density at radius 2 is 2.21 bits per heavy atom. The van der Waals surface area contributed by atoms with Gasteiger partial charge in [0.25, 0.3) is 0 Å². The van der Waals surface area contributed by atoms with Crippen molar-refractivity contribution in [2.75, 3.05) is 24.7 Å². The summed E-state index contributed by atoms with van der Waals surface area (Å²) < 4.78 is 7.15. The van der Waals surface area contributed by atoms with Crippen molar-refractivity contribution in [1.29, 1.82) is 0 Å². The predicted octanol–water partition coefficient (Wildman–Crippen LogP) is 0.379. The van der Waals surface area contributed by atoms with Crippen LogP contribution in [0.2, 0.25) is 0 Å². The van der Waals surface area contributed by atoms with E-state index in [2.05, 4.69) is 27.2 Å². The number of hydrogen-bond donors (Lipinski definition) is 3. The highest BCUT2D eigenvalue weighted by atomic mass is 32.2. The molecule has 1 aliphatic carbocycles. The molecule has 0 amide bonds. The summed E-state index contributed by atoms with van der Waals surface area (Å²) in [6, 6.07) is -0.281. The number of thioether (sulfide) groups is 1. The van der Waals surface area contributed by atoms with Gasteiger partial charge in [0.2, 0.25) is 0 Å². The number of ether oxygens (including phenoxy) is 1. The number of aliphatic hydroxyl groups excluding tert-OH is 2. The summed E-state index contributed by atoms with van der Waals surface area (Å²) in [5.74, 6) is 1.20. The van der Waals surface area contributed by atoms with Crippen LogP contribution in [0.25, 0.3) is 11.2 Å². The van der Waals surface area contributed by atoms with E-state index >= 15 is 0 Å². The summed E-state index contributed by atoms with van der Waals surface area (Å²) in [5.41, 5.74) is 6.96. The van der Waals surface area contributed by atoms with Crippen LogP contribution in [0.1, 0.15) is 32.2 Å². The highest BCUT2D eigenvalue weighted by molar-refractivity contribution is 7.99. The molecule has 10 heteroatoms. The van der Waals surface area contributed by atoms with Crippen molar-refractivity contribution < 1.29 is 14.9 Å². The number of fused-ring (bicyclic) bond motifs is 1. The Kier molecular flexibility index (Phi) is 5.49. The van der Waals surface area contributed by atoms with Crippen molar-refractivity contribution in [3.63, 3.8) is 0 Å². The van der Waals surface area contributed by atoms with Crippen molar-refractivity contribution in [3.8, 4) is 0 Å². The zero-order chi connectivity index (χ0) is 17.1. The molecule has 1 saturated carbocycles. The number of anilines is 1. The fourth-order valence-corrected chi connectivity index (χ4v) is 3.58. The fraction of sp³-hybridized carbons (Fsp3) is 0.714. The lowest BCUT2D eigenvalue weighted by atomic mass is 10.2. The lowest BCUT2D eigenvalue weighted by Gasteiger charge is -2.14. The van der Waals surface area contributed by atoms with Crippen molar-refractivity contribution in [2.45, 2.75) is 49.6 Å². The maximum atomic E-state index is 10.4. The first kappa shape index (κ1) is 17.3. The smallest absolute Gasteiger partial charge is 0.191 e. The Labute approximate surface area is 143 Å². The molecule has 1 fully saturated rings. The Bertz CT molecular complexity index is 696. The third-order valence-electron chi connectivity index (χ3n) is 3.98. The fourth-order valence-electron chi connectivity index (χ4n) is 2.88. The van der Waals surface area contributed by atoms with Crippen molar-refractivity contribution in [2.24, 2.45) is 0 Å². The molecule has 0 saturated heterocycles. The Morgan fingerprint density at radius 3 is 2.96 bits per heavy atom. The van der Waals surface area contributed by atoms with Crippen LogP contribution in [-0.4, -0.2) is 66.3 Å². The van der Waals surface area contributed by atoms with E-state index in [-0.39, 0.29) is 25.4 Å². The molecule has 0 spiro atoms. The topological polar surface area (TPSA) is 132 Å². The van der Waals surface area contributed by atoms with Crippen LogP contribution in [0, 0.1) is 0 Å². The van der Waals surface area contributed by atoms with Gasteiger partial charge in [-0.25, -0.2) is 14.6 Å². The quantitative estimate of drug-likeness (QED) is 0.476. The average Bonchev–Trinajstić information content (AvgIpc) is 3.14. The minimum atomic E-state index is -0.610. The molecule has 2 heterocycles. The molecule has 0 radical (unpaired) electrons. The van der Waals surface area contributed by atoms with E-state index in [1.54, 1.807) is 4.68 Å². The maximum Gasteiger partial charge on any atom is 0.191 e. The average molecular weight is 354 g/mol. The molecule has 2 aromatic rings. The third-order valence-corrected chi connectivity index (χ3v) is 5.03. The molecule has 4 N–H and O–H groups in total. The third kappa shape index (κ3) is 3.46. The molecule has 0 aromatic carbocycles. The van der Waals surface area contributed by atoms with Crippen LogP contribution in [0.4, 0.5) is 5.82 Å². The number of rotatable bonds is 7. The number of hydrogen-bond acceptors (Lipinski definition) is 9. The first-order valence-electron chi connectivity index (χ1n) is 8.05. The molecule has 2 aromatic heterocycles. The van der Waals surface area contributed by atoms with E-state index in [4.69, 9.17) is 15.6 Å². The van der Waals surface area contributed by atoms with Gasteiger partial charge in [0.15, 0.2) is 22.1 Å². The van der Waals surface area contributed by atoms with E-state index in [1.165, 1.54) is 11.8 Å². The summed E-state index contributed by atoms with van der Waals surface area (Å²) in [4.78, 5) is 8.77. The second-order valence-corrected chi connectivity index (χ2v) is 6.83. The molecule has 3 unspecified atom stereocenters. The van der Waals surface area contributed by atoms with Crippen molar-refractivity contribution in [1.82, 2.24) is 25.0 Å². The van der Waals surface area contributed by atoms with Crippen LogP contribution in [0.15, 0.2) is 5.16 Å². The lowest BCUT2D eigenvalue weighted by molar-refractivity contribution is 0.0252. The molecule has 0 aliphatic heterocycles. The minimum Gasteiger partial charge on any atom is -0.394 e. The summed E-state index contributed by atoms with van der Waals surface area (Å²) in [5, 5.41) is 28.0. The second kappa shape index (κ2) is 7.60. The summed E-state index contributed by atoms with van der Waals surface area (Å²) in [7, 11) is 0. The van der Waals surface area contributed by atoms with E-state index in [0.29, 0.717) is 35.0 Å². The summed E-state index contributed by atoms with van der Waals surface area (Å²) >= 11 is 1.53. The number of nitrogen functional groups attached to an aromatic ring is 1. The van der Waals surface area contributed by atoms with Gasteiger partial charge in [-0.2, -0.15) is 0 Å². The molecule has 3 rings (SSSR count). The number of aromatic nitrogens is 5. The maximum absolute atomic E-state index is 10.4. The van der Waals surface area contributed by atoms with Crippen LogP contribution in [0.5, 0.6) is 0 Å². The van der Waals surface area contributed by atoms with Gasteiger partial charge in [-0.15, -0.1) is 5.10 Å². The van der Waals surface area contributed by atoms with Gasteiger partial charge in [0.05, 0.1) is 31.5 Å². The molecule has 9 nitrogen and oxygen atoms in total. The van der Waals surface area contributed by atoms with Gasteiger partial charge in [0, 0.05) is 12.2 Å². The van der Waals surface area contributed by atoms with Gasteiger partial charge in [-0.1, -0.05) is 23.9 Å². The first-order chi connectivity index (χ1) is 11.6. The number of aliphatic hydroxyl groups is 2. The largest absolute Gasteiger partial charge is 0.394 e. The second-order valence-electron chi connectivity index (χ2n) is 5.77.